The lowest BCUT2D eigenvalue weighted by Crippen LogP contribution is -1.89. The Balaban J connectivity index is 3.02. The number of phenolic OH excluding ortho intramolecular Hbond substituents is 1. The lowest BCUT2D eigenvalue weighted by molar-refractivity contribution is 0.479. The van der Waals surface area contributed by atoms with E-state index in [4.69, 9.17) is 28.9 Å². The second-order valence-corrected chi connectivity index (χ2v) is 3.69. The molecule has 0 atom stereocenters. The van der Waals surface area contributed by atoms with Crippen LogP contribution in [0.4, 0.5) is 5.69 Å². The quantitative estimate of drug-likeness (QED) is 0.535. The van der Waals surface area contributed by atoms with Gasteiger partial charge in [-0.3, -0.25) is 0 Å². The van der Waals surface area contributed by atoms with Gasteiger partial charge < -0.3 is 10.8 Å². The number of nitrogen functional groups attached to an aromatic ring is 1. The number of aromatic hydroxyl groups is 1. The van der Waals surface area contributed by atoms with Gasteiger partial charge in [-0.1, -0.05) is 47.5 Å². The highest BCUT2D eigenvalue weighted by molar-refractivity contribution is 6.43. The predicted molar refractivity (Wildman–Crippen MR) is 60.0 cm³/mol. The van der Waals surface area contributed by atoms with E-state index in [1.807, 2.05) is 12.1 Å². The molecule has 0 aliphatic heterocycles. The molecule has 0 heterocycles. The maximum Gasteiger partial charge on any atom is 0.159 e. The number of hydrogen-bond acceptors (Lipinski definition) is 2. The summed E-state index contributed by atoms with van der Waals surface area (Å²) in [5.41, 5.74) is 5.70. The van der Waals surface area contributed by atoms with Crippen LogP contribution < -0.4 is 5.73 Å². The van der Waals surface area contributed by atoms with Crippen LogP contribution >= 0.6 is 23.2 Å². The van der Waals surface area contributed by atoms with Gasteiger partial charge in [-0.2, -0.15) is 0 Å². The molecule has 0 unspecified atom stereocenters. The van der Waals surface area contributed by atoms with Crippen molar-refractivity contribution in [1.29, 1.82) is 0 Å². The van der Waals surface area contributed by atoms with Crippen LogP contribution in [0.1, 0.15) is 0 Å². The van der Waals surface area contributed by atoms with E-state index < -0.39 is 0 Å². The Morgan fingerprint density at radius 1 is 1.00 bits per heavy atom. The summed E-state index contributed by atoms with van der Waals surface area (Å²) in [7, 11) is 0. The summed E-state index contributed by atoms with van der Waals surface area (Å²) in [5, 5.41) is 11.6. The smallest absolute Gasteiger partial charge is 0.159 e. The predicted octanol–water partition coefficient (Wildman–Crippen LogP) is 3.43. The molecule has 72 valence electrons. The minimum atomic E-state index is -0.157. The molecular weight excluding hydrogens is 221 g/mol. The molecule has 2 aromatic carbocycles. The molecule has 0 amide bonds. The fourth-order valence-electron chi connectivity index (χ4n) is 1.36. The zero-order valence-corrected chi connectivity index (χ0v) is 8.60. The van der Waals surface area contributed by atoms with E-state index in [0.29, 0.717) is 10.4 Å². The summed E-state index contributed by atoms with van der Waals surface area (Å²) in [6.45, 7) is 0. The van der Waals surface area contributed by atoms with Crippen LogP contribution in [0.2, 0.25) is 10.0 Å². The zero-order chi connectivity index (χ0) is 10.3. The highest BCUT2D eigenvalue weighted by atomic mass is 35.5. The topological polar surface area (TPSA) is 46.2 Å². The summed E-state index contributed by atoms with van der Waals surface area (Å²) in [6.07, 6.45) is 0. The van der Waals surface area contributed by atoms with Gasteiger partial charge in [0, 0.05) is 10.8 Å². The average molecular weight is 228 g/mol. The molecule has 14 heavy (non-hydrogen) atoms. The van der Waals surface area contributed by atoms with Crippen LogP contribution in [0.15, 0.2) is 24.3 Å². The molecule has 4 heteroatoms. The number of phenols is 1. The lowest BCUT2D eigenvalue weighted by atomic mass is 10.1. The second-order valence-electron chi connectivity index (χ2n) is 2.94. The Morgan fingerprint density at radius 2 is 1.50 bits per heavy atom. The fourth-order valence-corrected chi connectivity index (χ4v) is 1.88. The van der Waals surface area contributed by atoms with Crippen molar-refractivity contribution >= 4 is 39.7 Å². The molecule has 0 fully saturated rings. The normalized spacial score (nSPS) is 10.7. The maximum atomic E-state index is 9.54. The van der Waals surface area contributed by atoms with Crippen molar-refractivity contribution in [2.24, 2.45) is 0 Å². The minimum Gasteiger partial charge on any atom is -0.504 e. The standard InChI is InChI=1S/C10H7Cl2NO/c11-7-5-3-1-2-4-6(5)8(12)10(14)9(7)13/h1-4,14H,13H2. The molecule has 0 saturated heterocycles. The highest BCUT2D eigenvalue weighted by Gasteiger charge is 2.13. The number of fused-ring (bicyclic) bond motifs is 1. The van der Waals surface area contributed by atoms with E-state index in [-0.39, 0.29) is 16.5 Å². The molecule has 0 saturated carbocycles. The molecule has 2 aromatic rings. The molecule has 0 bridgehead atoms. The molecule has 0 radical (unpaired) electrons. The Hall–Kier alpha value is -1.12. The van der Waals surface area contributed by atoms with E-state index in [9.17, 15) is 5.11 Å². The number of hydrogen-bond donors (Lipinski definition) is 2. The van der Waals surface area contributed by atoms with Crippen LogP contribution in [0.5, 0.6) is 5.75 Å². The van der Waals surface area contributed by atoms with Crippen molar-refractivity contribution < 1.29 is 5.11 Å². The van der Waals surface area contributed by atoms with Crippen molar-refractivity contribution in [3.05, 3.63) is 34.3 Å². The van der Waals surface area contributed by atoms with Gasteiger partial charge in [0.1, 0.15) is 0 Å². The molecule has 0 spiro atoms. The fraction of sp³-hybridized carbons (Fsp3) is 0. The zero-order valence-electron chi connectivity index (χ0n) is 7.09. The van der Waals surface area contributed by atoms with Crippen LogP contribution in [-0.2, 0) is 0 Å². The minimum absolute atomic E-state index is 0.121. The van der Waals surface area contributed by atoms with Crippen LogP contribution in [0.25, 0.3) is 10.8 Å². The number of rotatable bonds is 0. The molecular formula is C10H7Cl2NO. The molecule has 3 N–H and O–H groups in total. The van der Waals surface area contributed by atoms with Gasteiger partial charge >= 0.3 is 0 Å². The number of halogens is 2. The van der Waals surface area contributed by atoms with Crippen molar-refractivity contribution in [3.63, 3.8) is 0 Å². The van der Waals surface area contributed by atoms with Crippen LogP contribution in [-0.4, -0.2) is 5.11 Å². The Labute approximate surface area is 90.9 Å². The molecule has 0 aliphatic carbocycles. The second kappa shape index (κ2) is 3.23. The summed E-state index contributed by atoms with van der Waals surface area (Å²) in [4.78, 5) is 0. The third kappa shape index (κ3) is 1.19. The first-order chi connectivity index (χ1) is 6.63. The summed E-state index contributed by atoms with van der Waals surface area (Å²) < 4.78 is 0. The first-order valence-corrected chi connectivity index (χ1v) is 4.72. The van der Waals surface area contributed by atoms with E-state index in [0.717, 1.165) is 5.39 Å². The average Bonchev–Trinajstić information content (AvgIpc) is 2.23. The van der Waals surface area contributed by atoms with Crippen molar-refractivity contribution in [1.82, 2.24) is 0 Å². The molecule has 2 rings (SSSR count). The largest absolute Gasteiger partial charge is 0.504 e. The van der Waals surface area contributed by atoms with E-state index in [2.05, 4.69) is 0 Å². The van der Waals surface area contributed by atoms with E-state index in [1.54, 1.807) is 12.1 Å². The van der Waals surface area contributed by atoms with Gasteiger partial charge in [-0.05, 0) is 0 Å². The molecule has 2 nitrogen and oxygen atoms in total. The lowest BCUT2D eigenvalue weighted by Gasteiger charge is -2.08. The number of nitrogens with two attached hydrogens (primary N) is 1. The van der Waals surface area contributed by atoms with Gasteiger partial charge in [-0.25, -0.2) is 0 Å². The van der Waals surface area contributed by atoms with Crippen LogP contribution in [0, 0.1) is 0 Å². The van der Waals surface area contributed by atoms with E-state index >= 15 is 0 Å². The summed E-state index contributed by atoms with van der Waals surface area (Å²) >= 11 is 11.9. The van der Waals surface area contributed by atoms with Gasteiger partial charge in [0.15, 0.2) is 5.75 Å². The first kappa shape index (κ1) is 9.44. The SMILES string of the molecule is Nc1c(O)c(Cl)c2ccccc2c1Cl. The third-order valence-electron chi connectivity index (χ3n) is 2.10. The number of anilines is 1. The van der Waals surface area contributed by atoms with E-state index in [1.165, 1.54) is 0 Å². The van der Waals surface area contributed by atoms with Gasteiger partial charge in [0.2, 0.25) is 0 Å². The number of benzene rings is 2. The molecule has 0 aromatic heterocycles. The van der Waals surface area contributed by atoms with Gasteiger partial charge in [-0.15, -0.1) is 0 Å². The first-order valence-electron chi connectivity index (χ1n) is 3.97. The van der Waals surface area contributed by atoms with Gasteiger partial charge in [0.05, 0.1) is 15.7 Å². The highest BCUT2D eigenvalue weighted by Crippen LogP contribution is 2.42. The van der Waals surface area contributed by atoms with Crippen molar-refractivity contribution in [2.45, 2.75) is 0 Å². The Morgan fingerprint density at radius 3 is 2.07 bits per heavy atom. The van der Waals surface area contributed by atoms with Crippen molar-refractivity contribution in [3.8, 4) is 5.75 Å². The Bertz CT molecular complexity index is 464. The Kier molecular flexibility index (Phi) is 2.17. The van der Waals surface area contributed by atoms with Crippen LogP contribution in [0.3, 0.4) is 0 Å². The third-order valence-corrected chi connectivity index (χ3v) is 2.89. The summed E-state index contributed by atoms with van der Waals surface area (Å²) in [5.74, 6) is -0.157. The monoisotopic (exact) mass is 227 g/mol. The van der Waals surface area contributed by atoms with Crippen molar-refractivity contribution in [2.75, 3.05) is 5.73 Å². The van der Waals surface area contributed by atoms with Gasteiger partial charge in [0.25, 0.3) is 0 Å². The maximum absolute atomic E-state index is 9.54. The summed E-state index contributed by atoms with van der Waals surface area (Å²) in [6, 6.07) is 7.24. The molecule has 0 aliphatic rings.